The van der Waals surface area contributed by atoms with E-state index in [1.165, 1.54) is 11.3 Å². The first-order valence-electron chi connectivity index (χ1n) is 9.78. The van der Waals surface area contributed by atoms with Crippen molar-refractivity contribution in [2.75, 3.05) is 23.7 Å². The highest BCUT2D eigenvalue weighted by atomic mass is 35.5. The molecule has 1 aromatic heterocycles. The standard InChI is InChI=1S/C23H22ClN3O2S/c1-15-13-20(26-22(28)18-9-5-6-10-19(18)24)30-21(15)23(29)27-12-11-17(14-27)25-16-7-3-2-4-8-16/h2-10,13,17,25H,11-12,14H2,1H3,(H,26,28). The quantitative estimate of drug-likeness (QED) is 0.567. The van der Waals surface area contributed by atoms with Crippen LogP contribution in [0.1, 0.15) is 32.0 Å². The molecule has 1 fully saturated rings. The van der Waals surface area contributed by atoms with Crippen LogP contribution in [-0.4, -0.2) is 35.8 Å². The summed E-state index contributed by atoms with van der Waals surface area (Å²) in [6, 6.07) is 19.0. The van der Waals surface area contributed by atoms with Crippen LogP contribution in [0.3, 0.4) is 0 Å². The van der Waals surface area contributed by atoms with E-state index in [2.05, 4.69) is 10.6 Å². The van der Waals surface area contributed by atoms with E-state index in [1.54, 1.807) is 24.3 Å². The number of benzene rings is 2. The lowest BCUT2D eigenvalue weighted by Gasteiger charge is -2.17. The van der Waals surface area contributed by atoms with Crippen LogP contribution >= 0.6 is 22.9 Å². The maximum atomic E-state index is 13.1. The first-order valence-corrected chi connectivity index (χ1v) is 11.0. The minimum Gasteiger partial charge on any atom is -0.380 e. The van der Waals surface area contributed by atoms with E-state index < -0.39 is 0 Å². The molecule has 1 aliphatic rings. The molecule has 1 aliphatic heterocycles. The molecule has 5 nitrogen and oxygen atoms in total. The number of thiophene rings is 1. The van der Waals surface area contributed by atoms with E-state index in [1.807, 2.05) is 48.2 Å². The number of carbonyl (C=O) groups is 2. The molecule has 2 heterocycles. The van der Waals surface area contributed by atoms with Gasteiger partial charge >= 0.3 is 0 Å². The van der Waals surface area contributed by atoms with Crippen LogP contribution in [0.25, 0.3) is 0 Å². The number of aryl methyl sites for hydroxylation is 1. The summed E-state index contributed by atoms with van der Waals surface area (Å²) in [6.07, 6.45) is 0.904. The third kappa shape index (κ3) is 4.50. The van der Waals surface area contributed by atoms with Gasteiger partial charge in [-0.05, 0) is 49.2 Å². The molecule has 1 saturated heterocycles. The van der Waals surface area contributed by atoms with Crippen LogP contribution in [0.5, 0.6) is 0 Å². The molecule has 4 rings (SSSR count). The summed E-state index contributed by atoms with van der Waals surface area (Å²) in [5, 5.41) is 7.38. The fraction of sp³-hybridized carbons (Fsp3) is 0.217. The molecule has 2 amide bonds. The Hall–Kier alpha value is -2.83. The van der Waals surface area contributed by atoms with Gasteiger partial charge in [0.2, 0.25) is 0 Å². The van der Waals surface area contributed by atoms with Gasteiger partial charge in [-0.1, -0.05) is 41.9 Å². The molecule has 0 spiro atoms. The average Bonchev–Trinajstić information content (AvgIpc) is 3.35. The van der Waals surface area contributed by atoms with Gasteiger partial charge in [-0.2, -0.15) is 0 Å². The van der Waals surface area contributed by atoms with Gasteiger partial charge in [-0.25, -0.2) is 0 Å². The number of hydrogen-bond donors (Lipinski definition) is 2. The van der Waals surface area contributed by atoms with E-state index in [0.717, 1.165) is 17.7 Å². The zero-order chi connectivity index (χ0) is 21.1. The van der Waals surface area contributed by atoms with Gasteiger partial charge in [-0.3, -0.25) is 9.59 Å². The van der Waals surface area contributed by atoms with Crippen LogP contribution < -0.4 is 10.6 Å². The molecule has 2 N–H and O–H groups in total. The zero-order valence-corrected chi connectivity index (χ0v) is 18.1. The Labute approximate surface area is 184 Å². The second-order valence-corrected chi connectivity index (χ2v) is 8.76. The van der Waals surface area contributed by atoms with Gasteiger partial charge in [-0.15, -0.1) is 11.3 Å². The Kier molecular flexibility index (Phi) is 6.06. The molecule has 1 atom stereocenters. The monoisotopic (exact) mass is 439 g/mol. The van der Waals surface area contributed by atoms with Crippen molar-refractivity contribution in [3.8, 4) is 0 Å². The molecule has 0 bridgehead atoms. The average molecular weight is 440 g/mol. The lowest BCUT2D eigenvalue weighted by Crippen LogP contribution is -2.31. The van der Waals surface area contributed by atoms with Gasteiger partial charge in [0.05, 0.1) is 20.5 Å². The molecule has 7 heteroatoms. The summed E-state index contributed by atoms with van der Waals surface area (Å²) in [6.45, 7) is 3.26. The van der Waals surface area contributed by atoms with Crippen molar-refractivity contribution < 1.29 is 9.59 Å². The Morgan fingerprint density at radius 3 is 2.60 bits per heavy atom. The van der Waals surface area contributed by atoms with Crippen molar-refractivity contribution >= 4 is 45.4 Å². The van der Waals surface area contributed by atoms with Crippen molar-refractivity contribution in [1.29, 1.82) is 0 Å². The molecule has 0 saturated carbocycles. The van der Waals surface area contributed by atoms with Crippen LogP contribution in [0, 0.1) is 6.92 Å². The van der Waals surface area contributed by atoms with Gasteiger partial charge in [0, 0.05) is 24.8 Å². The highest BCUT2D eigenvalue weighted by molar-refractivity contribution is 7.18. The number of amides is 2. The number of carbonyl (C=O) groups excluding carboxylic acids is 2. The molecular formula is C23H22ClN3O2S. The molecule has 2 aromatic carbocycles. The van der Waals surface area contributed by atoms with E-state index >= 15 is 0 Å². The first-order chi connectivity index (χ1) is 14.5. The lowest BCUT2D eigenvalue weighted by molar-refractivity contribution is 0.0795. The number of halogens is 1. The summed E-state index contributed by atoms with van der Waals surface area (Å²) >= 11 is 7.41. The molecule has 3 aromatic rings. The van der Waals surface area contributed by atoms with Crippen molar-refractivity contribution in [3.63, 3.8) is 0 Å². The van der Waals surface area contributed by atoms with Crippen molar-refractivity contribution in [2.45, 2.75) is 19.4 Å². The second-order valence-electron chi connectivity index (χ2n) is 7.30. The number of anilines is 2. The van der Waals surface area contributed by atoms with E-state index in [4.69, 9.17) is 11.6 Å². The number of nitrogens with zero attached hydrogens (tertiary/aromatic N) is 1. The third-order valence-electron chi connectivity index (χ3n) is 5.09. The number of rotatable bonds is 5. The number of nitrogens with one attached hydrogen (secondary N) is 2. The molecule has 1 unspecified atom stereocenters. The van der Waals surface area contributed by atoms with Crippen LogP contribution in [0.15, 0.2) is 60.7 Å². The predicted octanol–water partition coefficient (Wildman–Crippen LogP) is 5.29. The highest BCUT2D eigenvalue weighted by Gasteiger charge is 2.29. The van der Waals surface area contributed by atoms with Gasteiger partial charge in [0.25, 0.3) is 11.8 Å². The first kappa shape index (κ1) is 20.4. The highest BCUT2D eigenvalue weighted by Crippen LogP contribution is 2.30. The van der Waals surface area contributed by atoms with Crippen LogP contribution in [0.4, 0.5) is 10.7 Å². The maximum absolute atomic E-state index is 13.1. The summed E-state index contributed by atoms with van der Waals surface area (Å²) in [7, 11) is 0. The Morgan fingerprint density at radius 1 is 1.10 bits per heavy atom. The topological polar surface area (TPSA) is 61.4 Å². The Bertz CT molecular complexity index is 1070. The predicted molar refractivity (Wildman–Crippen MR) is 123 cm³/mol. The van der Waals surface area contributed by atoms with E-state index in [-0.39, 0.29) is 17.9 Å². The number of para-hydroxylation sites is 1. The lowest BCUT2D eigenvalue weighted by atomic mass is 10.2. The maximum Gasteiger partial charge on any atom is 0.264 e. The normalized spacial score (nSPS) is 15.8. The second kappa shape index (κ2) is 8.90. The van der Waals surface area contributed by atoms with E-state index in [9.17, 15) is 9.59 Å². The minimum absolute atomic E-state index is 0.00750. The van der Waals surface area contributed by atoms with Gasteiger partial charge in [0.15, 0.2) is 0 Å². The molecular weight excluding hydrogens is 418 g/mol. The number of likely N-dealkylation sites (tertiary alicyclic amines) is 1. The van der Waals surface area contributed by atoms with Gasteiger partial charge in [0.1, 0.15) is 0 Å². The third-order valence-corrected chi connectivity index (χ3v) is 6.56. The van der Waals surface area contributed by atoms with Crippen molar-refractivity contribution in [3.05, 3.63) is 81.7 Å². The fourth-order valence-corrected chi connectivity index (χ4v) is 4.81. The molecule has 0 radical (unpaired) electrons. The fourth-order valence-electron chi connectivity index (χ4n) is 3.56. The smallest absolute Gasteiger partial charge is 0.264 e. The Balaban J connectivity index is 1.41. The Morgan fingerprint density at radius 2 is 1.83 bits per heavy atom. The van der Waals surface area contributed by atoms with Crippen LogP contribution in [-0.2, 0) is 0 Å². The van der Waals surface area contributed by atoms with E-state index in [0.29, 0.717) is 33.6 Å². The molecule has 0 aliphatic carbocycles. The summed E-state index contributed by atoms with van der Waals surface area (Å²) in [4.78, 5) is 28.1. The SMILES string of the molecule is Cc1cc(NC(=O)c2ccccc2Cl)sc1C(=O)N1CCC(Nc2ccccc2)C1. The van der Waals surface area contributed by atoms with Crippen molar-refractivity contribution in [1.82, 2.24) is 4.90 Å². The summed E-state index contributed by atoms with van der Waals surface area (Å²) < 4.78 is 0. The molecule has 154 valence electrons. The van der Waals surface area contributed by atoms with Crippen molar-refractivity contribution in [2.24, 2.45) is 0 Å². The molecule has 30 heavy (non-hydrogen) atoms. The largest absolute Gasteiger partial charge is 0.380 e. The van der Waals surface area contributed by atoms with Crippen LogP contribution in [0.2, 0.25) is 5.02 Å². The zero-order valence-electron chi connectivity index (χ0n) is 16.5. The minimum atomic E-state index is -0.283. The summed E-state index contributed by atoms with van der Waals surface area (Å²) in [5.41, 5.74) is 2.33. The summed E-state index contributed by atoms with van der Waals surface area (Å²) in [5.74, 6) is -0.276. The van der Waals surface area contributed by atoms with Gasteiger partial charge < -0.3 is 15.5 Å². The number of hydrogen-bond acceptors (Lipinski definition) is 4.